The third-order valence-corrected chi connectivity index (χ3v) is 6.44. The van der Waals surface area contributed by atoms with E-state index in [1.165, 1.54) is 12.1 Å². The molecule has 1 atom stereocenters. The molecule has 188 valence electrons. The number of ether oxygens (including phenoxy) is 1. The average molecular weight is 518 g/mol. The van der Waals surface area contributed by atoms with Crippen LogP contribution in [0.1, 0.15) is 24.6 Å². The monoisotopic (exact) mass is 518 g/mol. The Bertz CT molecular complexity index is 1600. The molecular formula is C24H19F3N3O5S-. The van der Waals surface area contributed by atoms with Gasteiger partial charge < -0.3 is 14.6 Å². The van der Waals surface area contributed by atoms with Crippen LogP contribution in [-0.4, -0.2) is 25.6 Å². The molecule has 0 aliphatic carbocycles. The first kappa shape index (κ1) is 25.2. The van der Waals surface area contributed by atoms with Crippen LogP contribution in [0.2, 0.25) is 0 Å². The van der Waals surface area contributed by atoms with Crippen molar-refractivity contribution in [1.29, 1.82) is 0 Å². The van der Waals surface area contributed by atoms with Crippen LogP contribution in [0.25, 0.3) is 27.0 Å². The number of halogens is 3. The summed E-state index contributed by atoms with van der Waals surface area (Å²) in [6.07, 6.45) is -5.90. The fourth-order valence-corrected chi connectivity index (χ4v) is 4.55. The zero-order valence-electron chi connectivity index (χ0n) is 19.3. The predicted octanol–water partition coefficient (Wildman–Crippen LogP) is 3.05. The SMILES string of the molecule is CCC(Oc1ccc(C)cc1-c1nsc2ccc(-n3c(=O)cc(C(F)(F)F)n(C)c3=O)cc12)C(=O)[O-]. The molecule has 0 saturated carbocycles. The molecule has 0 bridgehead atoms. The Balaban J connectivity index is 1.90. The molecule has 0 spiro atoms. The van der Waals surface area contributed by atoms with Gasteiger partial charge in [0, 0.05) is 24.1 Å². The van der Waals surface area contributed by atoms with Crippen LogP contribution in [-0.2, 0) is 18.0 Å². The summed E-state index contributed by atoms with van der Waals surface area (Å²) in [6.45, 7) is 3.47. The van der Waals surface area contributed by atoms with E-state index < -0.39 is 35.2 Å². The van der Waals surface area contributed by atoms with Crippen molar-refractivity contribution >= 4 is 27.6 Å². The van der Waals surface area contributed by atoms with Crippen LogP contribution >= 0.6 is 11.5 Å². The molecule has 0 aliphatic heterocycles. The summed E-state index contributed by atoms with van der Waals surface area (Å²) in [5.74, 6) is -1.12. The van der Waals surface area contributed by atoms with Crippen molar-refractivity contribution in [1.82, 2.24) is 13.5 Å². The molecule has 0 saturated heterocycles. The zero-order chi connectivity index (χ0) is 26.4. The van der Waals surface area contributed by atoms with Crippen molar-refractivity contribution in [3.63, 3.8) is 0 Å². The lowest BCUT2D eigenvalue weighted by Crippen LogP contribution is -2.40. The van der Waals surface area contributed by atoms with E-state index in [-0.39, 0.29) is 17.9 Å². The van der Waals surface area contributed by atoms with E-state index in [2.05, 4.69) is 4.37 Å². The minimum Gasteiger partial charge on any atom is -0.546 e. The largest absolute Gasteiger partial charge is 0.546 e. The van der Waals surface area contributed by atoms with E-state index in [9.17, 15) is 32.7 Å². The highest BCUT2D eigenvalue weighted by Gasteiger charge is 2.35. The highest BCUT2D eigenvalue weighted by molar-refractivity contribution is 7.13. The number of hydrogen-bond donors (Lipinski definition) is 0. The second kappa shape index (κ2) is 9.26. The summed E-state index contributed by atoms with van der Waals surface area (Å²) in [6, 6.07) is 10.00. The van der Waals surface area contributed by atoms with Gasteiger partial charge in [-0.3, -0.25) is 9.36 Å². The van der Waals surface area contributed by atoms with Crippen LogP contribution in [0.5, 0.6) is 5.75 Å². The quantitative estimate of drug-likeness (QED) is 0.389. The molecule has 2 aromatic heterocycles. The molecule has 1 unspecified atom stereocenters. The Hall–Kier alpha value is -3.93. The second-order valence-corrected chi connectivity index (χ2v) is 8.89. The van der Waals surface area contributed by atoms with Gasteiger partial charge in [-0.1, -0.05) is 18.6 Å². The number of carbonyl (C=O) groups is 1. The molecule has 0 fully saturated rings. The maximum Gasteiger partial charge on any atom is 0.431 e. The highest BCUT2D eigenvalue weighted by Crippen LogP contribution is 2.38. The number of alkyl halides is 3. The fourth-order valence-electron chi connectivity index (χ4n) is 3.78. The second-order valence-electron chi connectivity index (χ2n) is 8.09. The number of carboxylic acids is 1. The number of rotatable bonds is 6. The van der Waals surface area contributed by atoms with E-state index in [0.717, 1.165) is 24.1 Å². The third kappa shape index (κ3) is 4.51. The lowest BCUT2D eigenvalue weighted by molar-refractivity contribution is -0.313. The number of aryl methyl sites for hydroxylation is 1. The summed E-state index contributed by atoms with van der Waals surface area (Å²) >= 11 is 1.12. The van der Waals surface area contributed by atoms with Crippen molar-refractivity contribution in [2.24, 2.45) is 7.05 Å². The molecule has 36 heavy (non-hydrogen) atoms. The molecule has 2 heterocycles. The van der Waals surface area contributed by atoms with Gasteiger partial charge in [-0.2, -0.15) is 17.5 Å². The number of aliphatic carboxylic acids is 1. The van der Waals surface area contributed by atoms with Gasteiger partial charge >= 0.3 is 11.9 Å². The number of fused-ring (bicyclic) bond motifs is 1. The van der Waals surface area contributed by atoms with Crippen LogP contribution in [0, 0.1) is 6.92 Å². The van der Waals surface area contributed by atoms with Crippen molar-refractivity contribution in [2.75, 3.05) is 0 Å². The average Bonchev–Trinajstić information content (AvgIpc) is 3.23. The minimum atomic E-state index is -4.87. The van der Waals surface area contributed by atoms with Gasteiger partial charge in [0.25, 0.3) is 5.56 Å². The summed E-state index contributed by atoms with van der Waals surface area (Å²) in [7, 11) is 0.940. The van der Waals surface area contributed by atoms with Gasteiger partial charge in [0.05, 0.1) is 22.1 Å². The Labute approximate surface area is 206 Å². The molecule has 8 nitrogen and oxygen atoms in total. The number of hydrogen-bond acceptors (Lipinski definition) is 7. The molecule has 0 aliphatic rings. The van der Waals surface area contributed by atoms with E-state index in [1.807, 2.05) is 6.92 Å². The number of benzene rings is 2. The van der Waals surface area contributed by atoms with Gasteiger partial charge in [-0.15, -0.1) is 0 Å². The first-order valence-corrected chi connectivity index (χ1v) is 11.5. The van der Waals surface area contributed by atoms with E-state index in [0.29, 0.717) is 36.5 Å². The maximum absolute atomic E-state index is 13.2. The summed E-state index contributed by atoms with van der Waals surface area (Å²) in [5.41, 5.74) is -1.87. The Kier molecular flexibility index (Phi) is 6.48. The number of carbonyl (C=O) groups excluding carboxylic acids is 1. The molecule has 12 heteroatoms. The fraction of sp³-hybridized carbons (Fsp3) is 0.250. The summed E-state index contributed by atoms with van der Waals surface area (Å²) in [5, 5.41) is 11.9. The molecule has 4 aromatic rings. The third-order valence-electron chi connectivity index (χ3n) is 5.62. The number of nitrogens with zero attached hydrogens (tertiary/aromatic N) is 3. The number of carboxylic acid groups (broad SMARTS) is 1. The topological polar surface area (TPSA) is 106 Å². The zero-order valence-corrected chi connectivity index (χ0v) is 20.1. The van der Waals surface area contributed by atoms with Crippen LogP contribution in [0.4, 0.5) is 13.2 Å². The van der Waals surface area contributed by atoms with Crippen molar-refractivity contribution in [3.05, 3.63) is 74.6 Å². The Morgan fingerprint density at radius 1 is 1.17 bits per heavy atom. The van der Waals surface area contributed by atoms with Gasteiger partial charge in [-0.05, 0) is 55.2 Å². The molecular weight excluding hydrogens is 499 g/mol. The predicted molar refractivity (Wildman–Crippen MR) is 125 cm³/mol. The van der Waals surface area contributed by atoms with E-state index in [1.54, 1.807) is 31.2 Å². The van der Waals surface area contributed by atoms with E-state index >= 15 is 0 Å². The van der Waals surface area contributed by atoms with Gasteiger partial charge in [-0.25, -0.2) is 9.36 Å². The van der Waals surface area contributed by atoms with Gasteiger partial charge in [0.1, 0.15) is 17.5 Å². The van der Waals surface area contributed by atoms with Crippen LogP contribution < -0.4 is 21.1 Å². The molecule has 0 radical (unpaired) electrons. The van der Waals surface area contributed by atoms with Gasteiger partial charge in [0.2, 0.25) is 0 Å². The van der Waals surface area contributed by atoms with Gasteiger partial charge in [0.15, 0.2) is 0 Å². The number of aromatic nitrogens is 3. The van der Waals surface area contributed by atoms with Crippen molar-refractivity contribution < 1.29 is 27.8 Å². The lowest BCUT2D eigenvalue weighted by Gasteiger charge is -2.20. The molecule has 4 rings (SSSR count). The highest BCUT2D eigenvalue weighted by atomic mass is 32.1. The first-order valence-electron chi connectivity index (χ1n) is 10.7. The van der Waals surface area contributed by atoms with Crippen molar-refractivity contribution in [3.8, 4) is 22.7 Å². The molecule has 2 aromatic carbocycles. The molecule has 0 N–H and O–H groups in total. The van der Waals surface area contributed by atoms with Crippen LogP contribution in [0.15, 0.2) is 52.1 Å². The van der Waals surface area contributed by atoms with E-state index in [4.69, 9.17) is 4.74 Å². The summed E-state index contributed by atoms with van der Waals surface area (Å²) < 4.78 is 51.5. The minimum absolute atomic E-state index is 0.0552. The van der Waals surface area contributed by atoms with Crippen molar-refractivity contribution in [2.45, 2.75) is 32.5 Å². The summed E-state index contributed by atoms with van der Waals surface area (Å²) in [4.78, 5) is 36.7. The Morgan fingerprint density at radius 3 is 2.53 bits per heavy atom. The smallest absolute Gasteiger partial charge is 0.431 e. The first-order chi connectivity index (χ1) is 16.9. The standard InChI is InChI=1S/C24H20F3N3O5S/c1-4-16(22(32)33)35-17-7-5-12(2)9-14(17)21-15-10-13(6-8-18(15)36-28-21)30-20(31)11-19(24(25,26)27)29(3)23(30)34/h5-11,16H,4H2,1-3H3,(H,32,33)/p-1. The lowest BCUT2D eigenvalue weighted by atomic mass is 10.0. The normalized spacial score (nSPS) is 12.6. The molecule has 0 amide bonds. The Morgan fingerprint density at radius 2 is 1.89 bits per heavy atom. The maximum atomic E-state index is 13.2. The van der Waals surface area contributed by atoms with Crippen LogP contribution in [0.3, 0.4) is 0 Å².